The number of aryl methyl sites for hydroxylation is 1. The van der Waals surface area contributed by atoms with E-state index in [1.807, 2.05) is 34.7 Å². The van der Waals surface area contributed by atoms with Crippen LogP contribution in [0.1, 0.15) is 36.7 Å². The van der Waals surface area contributed by atoms with Gasteiger partial charge in [0.2, 0.25) is 5.91 Å². The van der Waals surface area contributed by atoms with Crippen LogP contribution in [0.2, 0.25) is 0 Å². The highest BCUT2D eigenvalue weighted by Gasteiger charge is 2.35. The molecule has 20 heavy (non-hydrogen) atoms. The molecule has 0 aromatic carbocycles. The van der Waals surface area contributed by atoms with E-state index in [-0.39, 0.29) is 17.9 Å². The maximum atomic E-state index is 12.6. The minimum absolute atomic E-state index is 0.118. The number of amides is 2. The van der Waals surface area contributed by atoms with Gasteiger partial charge < -0.3 is 14.8 Å². The first-order chi connectivity index (χ1) is 9.69. The Balaban J connectivity index is 1.70. The molecule has 2 unspecified atom stereocenters. The predicted octanol–water partition coefficient (Wildman–Crippen LogP) is 1.25. The summed E-state index contributed by atoms with van der Waals surface area (Å²) in [5.41, 5.74) is 0.769. The van der Waals surface area contributed by atoms with Gasteiger partial charge in [-0.2, -0.15) is 0 Å². The van der Waals surface area contributed by atoms with E-state index in [0.29, 0.717) is 12.3 Å². The van der Waals surface area contributed by atoms with Crippen molar-refractivity contribution in [3.8, 4) is 0 Å². The van der Waals surface area contributed by atoms with Crippen molar-refractivity contribution in [1.29, 1.82) is 0 Å². The van der Waals surface area contributed by atoms with Crippen molar-refractivity contribution in [2.45, 2.75) is 38.8 Å². The smallest absolute Gasteiger partial charge is 0.270 e. The van der Waals surface area contributed by atoms with Gasteiger partial charge >= 0.3 is 0 Å². The summed E-state index contributed by atoms with van der Waals surface area (Å²) in [6, 6.07) is 4.07. The second-order valence-electron chi connectivity index (χ2n) is 5.69. The van der Waals surface area contributed by atoms with E-state index in [1.54, 1.807) is 0 Å². The van der Waals surface area contributed by atoms with E-state index < -0.39 is 0 Å². The number of hydrogen-bond donors (Lipinski definition) is 1. The molecule has 0 aliphatic carbocycles. The highest BCUT2D eigenvalue weighted by atomic mass is 16.2. The minimum Gasteiger partial charge on any atom is -0.353 e. The quantitative estimate of drug-likeness (QED) is 0.883. The van der Waals surface area contributed by atoms with Crippen LogP contribution in [0.5, 0.6) is 0 Å². The molecule has 0 bridgehead atoms. The fraction of sp³-hybridized carbons (Fsp3) is 0.600. The lowest BCUT2D eigenvalue weighted by atomic mass is 9.85. The summed E-state index contributed by atoms with van der Waals surface area (Å²) in [4.78, 5) is 26.0. The molecule has 1 aromatic rings. The zero-order valence-corrected chi connectivity index (χ0v) is 11.8. The number of nitrogens with one attached hydrogen (secondary N) is 1. The zero-order valence-electron chi connectivity index (χ0n) is 11.8. The average Bonchev–Trinajstić information content (AvgIpc) is 2.94. The summed E-state index contributed by atoms with van der Waals surface area (Å²) >= 11 is 0. The van der Waals surface area contributed by atoms with E-state index in [9.17, 15) is 9.59 Å². The molecule has 108 valence electrons. The Labute approximate surface area is 118 Å². The zero-order chi connectivity index (χ0) is 14.1. The van der Waals surface area contributed by atoms with Crippen molar-refractivity contribution in [2.75, 3.05) is 13.1 Å². The fourth-order valence-electron chi connectivity index (χ4n) is 3.34. The van der Waals surface area contributed by atoms with Gasteiger partial charge in [-0.3, -0.25) is 9.59 Å². The van der Waals surface area contributed by atoms with Crippen molar-refractivity contribution in [2.24, 2.45) is 5.92 Å². The molecule has 2 fully saturated rings. The van der Waals surface area contributed by atoms with Gasteiger partial charge in [0.15, 0.2) is 0 Å². The number of nitrogens with zero attached hydrogens (tertiary/aromatic N) is 2. The molecule has 0 radical (unpaired) electrons. The van der Waals surface area contributed by atoms with Gasteiger partial charge in [0.25, 0.3) is 5.91 Å². The van der Waals surface area contributed by atoms with E-state index in [1.165, 1.54) is 0 Å². The maximum absolute atomic E-state index is 12.6. The monoisotopic (exact) mass is 275 g/mol. The first kappa shape index (κ1) is 13.2. The summed E-state index contributed by atoms with van der Waals surface area (Å²) < 4.78 is 1.98. The summed E-state index contributed by atoms with van der Waals surface area (Å²) in [6.07, 6.45) is 4.30. The third kappa shape index (κ3) is 2.32. The third-order valence-electron chi connectivity index (χ3n) is 4.50. The van der Waals surface area contributed by atoms with Gasteiger partial charge in [-0.15, -0.1) is 0 Å². The molecule has 5 nitrogen and oxygen atoms in total. The number of fused-ring (bicyclic) bond motifs is 1. The molecule has 2 amide bonds. The number of aromatic nitrogens is 1. The highest BCUT2D eigenvalue weighted by molar-refractivity contribution is 5.93. The van der Waals surface area contributed by atoms with Gasteiger partial charge in [-0.25, -0.2) is 0 Å². The summed E-state index contributed by atoms with van der Waals surface area (Å²) in [7, 11) is 0. The first-order valence-electron chi connectivity index (χ1n) is 7.43. The molecule has 3 rings (SSSR count). The fourth-order valence-corrected chi connectivity index (χ4v) is 3.34. The van der Waals surface area contributed by atoms with Crippen LogP contribution in [0.4, 0.5) is 0 Å². The number of hydrogen-bond acceptors (Lipinski definition) is 2. The van der Waals surface area contributed by atoms with Crippen LogP contribution in [-0.2, 0) is 11.3 Å². The summed E-state index contributed by atoms with van der Waals surface area (Å²) in [6.45, 7) is 4.34. The molecule has 1 aromatic heterocycles. The molecule has 1 N–H and O–H groups in total. The summed E-state index contributed by atoms with van der Waals surface area (Å²) in [5.74, 6) is 0.688. The van der Waals surface area contributed by atoms with Crippen LogP contribution in [0.3, 0.4) is 0 Å². The molecular formula is C15H21N3O2. The summed E-state index contributed by atoms with van der Waals surface area (Å²) in [5, 5.41) is 3.05. The van der Waals surface area contributed by atoms with E-state index in [0.717, 1.165) is 38.2 Å². The standard InChI is InChI=1S/C15H21N3O2/c1-2-17-8-3-4-13(17)15(20)18-9-7-12-11(10-18)5-6-14(19)16-12/h3-4,8,11-12H,2,5-7,9-10H2,1H3,(H,16,19). The molecule has 0 saturated carbocycles. The van der Waals surface area contributed by atoms with Crippen LogP contribution in [0, 0.1) is 5.92 Å². The minimum atomic E-state index is 0.118. The van der Waals surface area contributed by atoms with Crippen molar-refractivity contribution < 1.29 is 9.59 Å². The lowest BCUT2D eigenvalue weighted by Gasteiger charge is -2.41. The lowest BCUT2D eigenvalue weighted by Crippen LogP contribution is -2.55. The van der Waals surface area contributed by atoms with Gasteiger partial charge in [0.1, 0.15) is 5.69 Å². The molecule has 2 aliphatic heterocycles. The average molecular weight is 275 g/mol. The van der Waals surface area contributed by atoms with Gasteiger partial charge in [-0.1, -0.05) is 0 Å². The Morgan fingerprint density at radius 1 is 1.45 bits per heavy atom. The Morgan fingerprint density at radius 3 is 3.10 bits per heavy atom. The highest BCUT2D eigenvalue weighted by Crippen LogP contribution is 2.26. The number of rotatable bonds is 2. The number of carbonyl (C=O) groups is 2. The second-order valence-corrected chi connectivity index (χ2v) is 5.69. The van der Waals surface area contributed by atoms with Gasteiger partial charge in [0, 0.05) is 38.3 Å². The Bertz CT molecular complexity index is 523. The molecule has 0 spiro atoms. The molecule has 2 aliphatic rings. The first-order valence-corrected chi connectivity index (χ1v) is 7.43. The molecule has 5 heteroatoms. The van der Waals surface area contributed by atoms with Crippen LogP contribution >= 0.6 is 0 Å². The van der Waals surface area contributed by atoms with Crippen LogP contribution in [-0.4, -0.2) is 40.4 Å². The number of carbonyl (C=O) groups excluding carboxylic acids is 2. The van der Waals surface area contributed by atoms with Crippen molar-refractivity contribution in [3.63, 3.8) is 0 Å². The molecule has 2 atom stereocenters. The van der Waals surface area contributed by atoms with Crippen molar-refractivity contribution >= 4 is 11.8 Å². The van der Waals surface area contributed by atoms with Crippen LogP contribution in [0.25, 0.3) is 0 Å². The largest absolute Gasteiger partial charge is 0.353 e. The molecular weight excluding hydrogens is 254 g/mol. The molecule has 3 heterocycles. The third-order valence-corrected chi connectivity index (χ3v) is 4.50. The van der Waals surface area contributed by atoms with Crippen molar-refractivity contribution in [1.82, 2.24) is 14.8 Å². The molecule has 2 saturated heterocycles. The normalized spacial score (nSPS) is 26.1. The SMILES string of the molecule is CCn1cccc1C(=O)N1CCC2NC(=O)CCC2C1. The Morgan fingerprint density at radius 2 is 2.30 bits per heavy atom. The van der Waals surface area contributed by atoms with E-state index >= 15 is 0 Å². The van der Waals surface area contributed by atoms with Gasteiger partial charge in [0.05, 0.1) is 0 Å². The number of likely N-dealkylation sites (tertiary alicyclic amines) is 1. The second kappa shape index (κ2) is 5.31. The topological polar surface area (TPSA) is 54.3 Å². The van der Waals surface area contributed by atoms with Gasteiger partial charge in [-0.05, 0) is 37.8 Å². The van der Waals surface area contributed by atoms with E-state index in [2.05, 4.69) is 5.32 Å². The Kier molecular flexibility index (Phi) is 3.51. The van der Waals surface area contributed by atoms with Crippen LogP contribution < -0.4 is 5.32 Å². The maximum Gasteiger partial charge on any atom is 0.270 e. The lowest BCUT2D eigenvalue weighted by molar-refractivity contribution is -0.125. The number of piperidine rings is 2. The van der Waals surface area contributed by atoms with Crippen molar-refractivity contribution in [3.05, 3.63) is 24.0 Å². The predicted molar refractivity (Wildman–Crippen MR) is 75.3 cm³/mol. The Hall–Kier alpha value is -1.78. The van der Waals surface area contributed by atoms with Crippen LogP contribution in [0.15, 0.2) is 18.3 Å². The van der Waals surface area contributed by atoms with E-state index in [4.69, 9.17) is 0 Å².